The van der Waals surface area contributed by atoms with Gasteiger partial charge in [-0.2, -0.15) is 0 Å². The highest BCUT2D eigenvalue weighted by molar-refractivity contribution is 5.92. The molecule has 1 amide bonds. The van der Waals surface area contributed by atoms with Crippen LogP contribution in [0.25, 0.3) is 33.7 Å². The molecule has 0 unspecified atom stereocenters. The summed E-state index contributed by atoms with van der Waals surface area (Å²) in [5, 5.41) is 17.0. The molecule has 58 heavy (non-hydrogen) atoms. The second-order valence-corrected chi connectivity index (χ2v) is 15.2. The smallest absolute Gasteiger partial charge is 0.228 e. The molecule has 1 saturated carbocycles. The van der Waals surface area contributed by atoms with Crippen LogP contribution < -0.4 is 5.32 Å². The lowest BCUT2D eigenvalue weighted by atomic mass is 9.77. The molecule has 1 aliphatic rings. The van der Waals surface area contributed by atoms with E-state index in [2.05, 4.69) is 137 Å². The van der Waals surface area contributed by atoms with Crippen LogP contribution in [0.15, 0.2) is 152 Å². The third kappa shape index (κ3) is 6.97. The van der Waals surface area contributed by atoms with Crippen LogP contribution in [0.5, 0.6) is 0 Å². The Morgan fingerprint density at radius 3 is 1.91 bits per heavy atom. The van der Waals surface area contributed by atoms with E-state index in [1.807, 2.05) is 41.1 Å². The second-order valence-electron chi connectivity index (χ2n) is 15.2. The van der Waals surface area contributed by atoms with Gasteiger partial charge in [-0.15, -0.1) is 5.10 Å². The van der Waals surface area contributed by atoms with E-state index in [0.29, 0.717) is 18.2 Å². The standard InChI is InChI=1S/C49H46N8O/c1-2-17-45-50-43-32-33-44(52-48(58)37-18-7-3-8-19-37)51-47(43)56(45)34-35-28-30-36(31-29-35)41-26-15-16-27-42(41)46-53-54-55-57(46)49(38-20-9-4-10-21-38,39-22-11-5-12-23-39)40-24-13-6-14-25-40/h4-6,9-16,20-33,37H,2-3,7-8,17-19,34H2,1H3,(H,51,52,58). The van der Waals surface area contributed by atoms with Crippen molar-refractivity contribution in [1.29, 1.82) is 0 Å². The van der Waals surface area contributed by atoms with Gasteiger partial charge in [0.2, 0.25) is 5.91 Å². The van der Waals surface area contributed by atoms with Gasteiger partial charge < -0.3 is 9.88 Å². The number of hydrogen-bond acceptors (Lipinski definition) is 6. The number of amides is 1. The monoisotopic (exact) mass is 762 g/mol. The Labute approximate surface area is 338 Å². The maximum Gasteiger partial charge on any atom is 0.228 e. The summed E-state index contributed by atoms with van der Waals surface area (Å²) >= 11 is 0. The first-order valence-corrected chi connectivity index (χ1v) is 20.4. The van der Waals surface area contributed by atoms with Crippen molar-refractivity contribution in [3.63, 3.8) is 0 Å². The zero-order valence-corrected chi connectivity index (χ0v) is 32.7. The average Bonchev–Trinajstić information content (AvgIpc) is 3.91. The number of hydrogen-bond donors (Lipinski definition) is 1. The molecule has 0 aliphatic heterocycles. The molecule has 0 spiro atoms. The van der Waals surface area contributed by atoms with Crippen LogP contribution in [-0.2, 0) is 23.3 Å². The van der Waals surface area contributed by atoms with Crippen LogP contribution >= 0.6 is 0 Å². The number of anilines is 1. The Balaban J connectivity index is 1.08. The van der Waals surface area contributed by atoms with Crippen molar-refractivity contribution in [2.75, 3.05) is 5.32 Å². The fourth-order valence-corrected chi connectivity index (χ4v) is 8.68. The first kappa shape index (κ1) is 36.9. The number of imidazole rings is 1. The predicted molar refractivity (Wildman–Crippen MR) is 229 cm³/mol. The molecule has 8 aromatic rings. The number of tetrazole rings is 1. The van der Waals surface area contributed by atoms with Crippen molar-refractivity contribution >= 4 is 22.9 Å². The van der Waals surface area contributed by atoms with Crippen LogP contribution in [0.1, 0.15) is 73.5 Å². The van der Waals surface area contributed by atoms with Gasteiger partial charge in [0.15, 0.2) is 11.5 Å². The third-order valence-corrected chi connectivity index (χ3v) is 11.5. The summed E-state index contributed by atoms with van der Waals surface area (Å²) in [6, 6.07) is 52.3. The fourth-order valence-electron chi connectivity index (χ4n) is 8.68. The molecular weight excluding hydrogens is 717 g/mol. The first-order chi connectivity index (χ1) is 28.6. The third-order valence-electron chi connectivity index (χ3n) is 11.5. The summed E-state index contributed by atoms with van der Waals surface area (Å²) < 4.78 is 4.18. The number of nitrogens with one attached hydrogen (secondary N) is 1. The molecule has 288 valence electrons. The zero-order valence-electron chi connectivity index (χ0n) is 32.7. The zero-order chi connectivity index (χ0) is 39.3. The minimum atomic E-state index is -0.865. The van der Waals surface area contributed by atoms with Gasteiger partial charge in [-0.05, 0) is 75.2 Å². The molecule has 0 saturated heterocycles. The molecule has 9 nitrogen and oxygen atoms in total. The average molecular weight is 763 g/mol. The van der Waals surface area contributed by atoms with E-state index in [1.165, 1.54) is 6.42 Å². The van der Waals surface area contributed by atoms with Crippen molar-refractivity contribution < 1.29 is 4.79 Å². The molecule has 1 fully saturated rings. The van der Waals surface area contributed by atoms with E-state index in [9.17, 15) is 4.79 Å². The number of fused-ring (bicyclic) bond motifs is 1. The highest BCUT2D eigenvalue weighted by Gasteiger charge is 2.42. The van der Waals surface area contributed by atoms with Gasteiger partial charge in [-0.25, -0.2) is 14.6 Å². The second kappa shape index (κ2) is 16.4. The van der Waals surface area contributed by atoms with Crippen LogP contribution in [0, 0.1) is 5.92 Å². The number of aryl methyl sites for hydroxylation is 1. The van der Waals surface area contributed by atoms with E-state index < -0.39 is 5.54 Å². The summed E-state index contributed by atoms with van der Waals surface area (Å²) in [7, 11) is 0. The molecule has 0 atom stereocenters. The number of aromatic nitrogens is 7. The molecule has 9 heteroatoms. The first-order valence-electron chi connectivity index (χ1n) is 20.4. The summed E-state index contributed by atoms with van der Waals surface area (Å²) in [6.07, 6.45) is 7.11. The normalized spacial score (nSPS) is 13.5. The largest absolute Gasteiger partial charge is 0.310 e. The Kier molecular flexibility index (Phi) is 10.4. The number of rotatable bonds is 12. The highest BCUT2D eigenvalue weighted by atomic mass is 16.1. The summed E-state index contributed by atoms with van der Waals surface area (Å²) in [5.74, 6) is 2.35. The summed E-state index contributed by atoms with van der Waals surface area (Å²) in [5.41, 5.74) is 8.01. The summed E-state index contributed by atoms with van der Waals surface area (Å²) in [6.45, 7) is 2.77. The number of carbonyl (C=O) groups is 1. The van der Waals surface area contributed by atoms with Gasteiger partial charge in [-0.3, -0.25) is 4.79 Å². The predicted octanol–water partition coefficient (Wildman–Crippen LogP) is 10.1. The lowest BCUT2D eigenvalue weighted by molar-refractivity contribution is -0.120. The highest BCUT2D eigenvalue weighted by Crippen LogP contribution is 2.43. The molecule has 0 radical (unpaired) electrons. The lowest BCUT2D eigenvalue weighted by Crippen LogP contribution is -2.39. The maximum absolute atomic E-state index is 13.1. The van der Waals surface area contributed by atoms with Crippen molar-refractivity contribution in [2.24, 2.45) is 5.92 Å². The minimum Gasteiger partial charge on any atom is -0.310 e. The Morgan fingerprint density at radius 1 is 0.690 bits per heavy atom. The van der Waals surface area contributed by atoms with Gasteiger partial charge in [-0.1, -0.05) is 166 Å². The molecule has 5 aromatic carbocycles. The van der Waals surface area contributed by atoms with E-state index in [0.717, 1.165) is 94.5 Å². The van der Waals surface area contributed by atoms with Crippen molar-refractivity contribution in [1.82, 2.24) is 34.7 Å². The fraction of sp³-hybridized carbons (Fsp3) is 0.224. The Bertz CT molecular complexity index is 2530. The van der Waals surface area contributed by atoms with Crippen LogP contribution in [0.3, 0.4) is 0 Å². The van der Waals surface area contributed by atoms with Crippen LogP contribution in [-0.4, -0.2) is 40.6 Å². The summed E-state index contributed by atoms with van der Waals surface area (Å²) in [4.78, 5) is 23.0. The van der Waals surface area contributed by atoms with Gasteiger partial charge in [0.05, 0.1) is 6.54 Å². The number of benzene rings is 5. The molecular formula is C49H46N8O. The molecule has 3 aromatic heterocycles. The van der Waals surface area contributed by atoms with Gasteiger partial charge in [0.25, 0.3) is 0 Å². The van der Waals surface area contributed by atoms with Gasteiger partial charge in [0.1, 0.15) is 22.7 Å². The Morgan fingerprint density at radius 2 is 1.29 bits per heavy atom. The van der Waals surface area contributed by atoms with E-state index >= 15 is 0 Å². The maximum atomic E-state index is 13.1. The van der Waals surface area contributed by atoms with E-state index in [1.54, 1.807) is 0 Å². The molecule has 1 aliphatic carbocycles. The SMILES string of the molecule is CCCc1nc2ccc(NC(=O)C3CCCCC3)nc2n1Cc1ccc(-c2ccccc2-c2nnnn2C(c2ccccc2)(c2ccccc2)c2ccccc2)cc1. The van der Waals surface area contributed by atoms with Crippen molar-refractivity contribution in [2.45, 2.75) is 64.0 Å². The number of pyridine rings is 1. The lowest BCUT2D eigenvalue weighted by Gasteiger charge is -2.36. The van der Waals surface area contributed by atoms with Crippen LogP contribution in [0.2, 0.25) is 0 Å². The quantitative estimate of drug-likeness (QED) is 0.124. The van der Waals surface area contributed by atoms with E-state index in [4.69, 9.17) is 20.3 Å². The molecule has 0 bridgehead atoms. The van der Waals surface area contributed by atoms with Gasteiger partial charge >= 0.3 is 0 Å². The molecule has 9 rings (SSSR count). The van der Waals surface area contributed by atoms with Crippen LogP contribution in [0.4, 0.5) is 5.82 Å². The molecule has 3 heterocycles. The Hall–Kier alpha value is -6.74. The van der Waals surface area contributed by atoms with Crippen molar-refractivity contribution in [3.8, 4) is 22.5 Å². The van der Waals surface area contributed by atoms with Gasteiger partial charge in [0, 0.05) is 17.9 Å². The molecule has 1 N–H and O–H groups in total. The van der Waals surface area contributed by atoms with E-state index in [-0.39, 0.29) is 11.8 Å². The number of carbonyl (C=O) groups excluding carboxylic acids is 1. The number of nitrogens with zero attached hydrogens (tertiary/aromatic N) is 7. The minimum absolute atomic E-state index is 0.0576. The van der Waals surface area contributed by atoms with Crippen molar-refractivity contribution in [3.05, 3.63) is 180 Å². The topological polar surface area (TPSA) is 103 Å².